The number of alkyl halides is 3. The Bertz CT molecular complexity index is 1780. The molecule has 0 aliphatic heterocycles. The van der Waals surface area contributed by atoms with Crippen molar-refractivity contribution in [1.29, 1.82) is 0 Å². The fraction of sp³-hybridized carbons (Fsp3) is 0.375. The minimum absolute atomic E-state index is 0.180. The number of carbonyl (C=O) groups is 2. The molecule has 3 aromatic carbocycles. The van der Waals surface area contributed by atoms with E-state index < -0.39 is 29.0 Å². The third-order valence-corrected chi connectivity index (χ3v) is 10.2. The summed E-state index contributed by atoms with van der Waals surface area (Å²) in [6.45, 7) is 1.78. The molecule has 2 fully saturated rings. The Morgan fingerprint density at radius 2 is 1.13 bits per heavy atom. The molecule has 2 saturated carbocycles. The summed E-state index contributed by atoms with van der Waals surface area (Å²) in [5.74, 6) is -0.854. The molecular weight excluding hydrogens is 729 g/mol. The zero-order valence-electron chi connectivity index (χ0n) is 29.1. The highest BCUT2D eigenvalue weighted by atomic mass is 35.5. The number of nitrogens with one attached hydrogen (secondary N) is 4. The van der Waals surface area contributed by atoms with Crippen LogP contribution in [0.5, 0.6) is 0 Å². The standard InChI is InChI=1S/C21H22F4N2O.C19H21Cl2N3O/c22-15-8-11-19(21(23,24)25)18(12-15)20(28)27-17-9-6-14(7-10-17)13-26-16-4-2-1-3-5-16;20-17-12-23-18(21)10-16(17)19(25)24-15-8-6-13(7-9-15)11-22-14-4-2-1-3-5-14/h1-5,8,11-12,14,17,26H,6-7,9-10,13H2,(H,27,28);1-5,10,12-13,15,22H,6-9,11H2,(H,24,25). The third-order valence-electron chi connectivity index (χ3n) is 9.70. The lowest BCUT2D eigenvalue weighted by molar-refractivity contribution is -0.138. The average molecular weight is 773 g/mol. The first-order valence-electron chi connectivity index (χ1n) is 17.8. The largest absolute Gasteiger partial charge is 0.417 e. The van der Waals surface area contributed by atoms with Gasteiger partial charge >= 0.3 is 6.18 Å². The summed E-state index contributed by atoms with van der Waals surface area (Å²) in [7, 11) is 0. The van der Waals surface area contributed by atoms with Crippen molar-refractivity contribution in [2.45, 2.75) is 69.6 Å². The number of anilines is 2. The second-order valence-electron chi connectivity index (χ2n) is 13.6. The van der Waals surface area contributed by atoms with Gasteiger partial charge in [0.1, 0.15) is 11.0 Å². The van der Waals surface area contributed by atoms with Gasteiger partial charge in [0.15, 0.2) is 0 Å². The van der Waals surface area contributed by atoms with Gasteiger partial charge in [-0.3, -0.25) is 9.59 Å². The van der Waals surface area contributed by atoms with Crippen LogP contribution in [0, 0.1) is 17.7 Å². The van der Waals surface area contributed by atoms with Crippen LogP contribution in [0.1, 0.15) is 77.6 Å². The summed E-state index contributed by atoms with van der Waals surface area (Å²) in [6.07, 6.45) is 3.93. The molecule has 282 valence electrons. The van der Waals surface area contributed by atoms with Gasteiger partial charge in [0.25, 0.3) is 11.8 Å². The van der Waals surface area contributed by atoms with Crippen molar-refractivity contribution in [2.75, 3.05) is 23.7 Å². The SMILES string of the molecule is O=C(NC1CCC(CNc2ccccc2)CC1)c1cc(Cl)ncc1Cl.O=C(NC1CCC(CNc2ccccc2)CC1)c1cc(F)ccc1C(F)(F)F. The van der Waals surface area contributed by atoms with Gasteiger partial charge in [0, 0.05) is 42.7 Å². The van der Waals surface area contributed by atoms with Crippen LogP contribution in [0.15, 0.2) is 91.1 Å². The van der Waals surface area contributed by atoms with Crippen molar-refractivity contribution in [1.82, 2.24) is 15.6 Å². The second kappa shape index (κ2) is 19.1. The molecule has 0 spiro atoms. The molecule has 7 nitrogen and oxygen atoms in total. The van der Waals surface area contributed by atoms with Gasteiger partial charge in [0.05, 0.1) is 21.7 Å². The first-order chi connectivity index (χ1) is 25.4. The Morgan fingerprint density at radius 3 is 1.60 bits per heavy atom. The van der Waals surface area contributed by atoms with E-state index in [9.17, 15) is 27.2 Å². The maximum atomic E-state index is 13.4. The average Bonchev–Trinajstić information content (AvgIpc) is 3.16. The van der Waals surface area contributed by atoms with E-state index in [1.54, 1.807) is 0 Å². The van der Waals surface area contributed by atoms with Crippen molar-refractivity contribution in [3.05, 3.63) is 124 Å². The molecule has 2 amide bonds. The van der Waals surface area contributed by atoms with Crippen LogP contribution >= 0.6 is 23.2 Å². The van der Waals surface area contributed by atoms with Gasteiger partial charge < -0.3 is 21.3 Å². The fourth-order valence-corrected chi connectivity index (χ4v) is 7.07. The molecule has 6 rings (SSSR count). The number of pyridine rings is 1. The van der Waals surface area contributed by atoms with Crippen LogP contribution in [0.4, 0.5) is 28.9 Å². The molecule has 0 radical (unpaired) electrons. The van der Waals surface area contributed by atoms with Crippen molar-refractivity contribution in [2.24, 2.45) is 11.8 Å². The van der Waals surface area contributed by atoms with Crippen LogP contribution in [0.25, 0.3) is 0 Å². The Balaban J connectivity index is 0.000000206. The number of rotatable bonds is 10. The molecule has 4 N–H and O–H groups in total. The van der Waals surface area contributed by atoms with Crippen molar-refractivity contribution >= 4 is 46.4 Å². The van der Waals surface area contributed by atoms with Crippen molar-refractivity contribution in [3.8, 4) is 0 Å². The van der Waals surface area contributed by atoms with Gasteiger partial charge in [-0.25, -0.2) is 9.37 Å². The molecule has 13 heteroatoms. The number of amides is 2. The van der Waals surface area contributed by atoms with Crippen LogP contribution in [0.2, 0.25) is 10.2 Å². The minimum Gasteiger partial charge on any atom is -0.385 e. The fourth-order valence-electron chi connectivity index (χ4n) is 6.72. The van der Waals surface area contributed by atoms with Crippen molar-refractivity contribution in [3.63, 3.8) is 0 Å². The highest BCUT2D eigenvalue weighted by Gasteiger charge is 2.36. The Kier molecular flexibility index (Phi) is 14.4. The first-order valence-corrected chi connectivity index (χ1v) is 18.6. The lowest BCUT2D eigenvalue weighted by atomic mass is 9.85. The molecule has 53 heavy (non-hydrogen) atoms. The zero-order chi connectivity index (χ0) is 37.8. The summed E-state index contributed by atoms with van der Waals surface area (Å²) in [5.41, 5.74) is 0.799. The van der Waals surface area contributed by atoms with Gasteiger partial charge in [-0.05, 0) is 112 Å². The maximum Gasteiger partial charge on any atom is 0.417 e. The Morgan fingerprint density at radius 1 is 0.660 bits per heavy atom. The number of nitrogens with zero attached hydrogens (tertiary/aromatic N) is 1. The molecule has 2 aliphatic carbocycles. The normalized spacial score (nSPS) is 20.0. The van der Waals surface area contributed by atoms with Gasteiger partial charge in [-0.2, -0.15) is 13.2 Å². The number of hydrogen-bond acceptors (Lipinski definition) is 5. The molecule has 1 aromatic heterocycles. The number of benzene rings is 3. The molecule has 4 aromatic rings. The van der Waals surface area contributed by atoms with E-state index in [0.29, 0.717) is 53.5 Å². The van der Waals surface area contributed by atoms with Gasteiger partial charge in [-0.1, -0.05) is 59.6 Å². The van der Waals surface area contributed by atoms with Crippen LogP contribution in [0.3, 0.4) is 0 Å². The predicted octanol–water partition coefficient (Wildman–Crippen LogP) is 10.0. The molecular formula is C40H43Cl2F4N5O2. The molecule has 0 atom stereocenters. The Labute approximate surface area is 317 Å². The highest BCUT2D eigenvalue weighted by molar-refractivity contribution is 6.35. The van der Waals surface area contributed by atoms with Crippen molar-refractivity contribution < 1.29 is 27.2 Å². The topological polar surface area (TPSA) is 95.2 Å². The number of carbonyl (C=O) groups excluding carboxylic acids is 2. The number of para-hydroxylation sites is 2. The van der Waals surface area contributed by atoms with E-state index in [-0.39, 0.29) is 23.1 Å². The maximum absolute atomic E-state index is 13.4. The second-order valence-corrected chi connectivity index (χ2v) is 14.3. The number of hydrogen-bond donors (Lipinski definition) is 4. The highest BCUT2D eigenvalue weighted by Crippen LogP contribution is 2.33. The Hall–Kier alpha value is -4.35. The van der Waals surface area contributed by atoms with Crippen LogP contribution < -0.4 is 21.3 Å². The summed E-state index contributed by atoms with van der Waals surface area (Å²) in [5, 5.41) is 13.2. The summed E-state index contributed by atoms with van der Waals surface area (Å²) in [6, 6.07) is 23.5. The smallest absolute Gasteiger partial charge is 0.385 e. The molecule has 1 heterocycles. The van der Waals surface area contributed by atoms with E-state index in [1.807, 2.05) is 48.5 Å². The van der Waals surface area contributed by atoms with Crippen LogP contribution in [-0.4, -0.2) is 42.0 Å². The number of aromatic nitrogens is 1. The van der Waals surface area contributed by atoms with Crippen LogP contribution in [-0.2, 0) is 6.18 Å². The predicted molar refractivity (Wildman–Crippen MR) is 202 cm³/mol. The number of halogens is 6. The third kappa shape index (κ3) is 12.4. The molecule has 2 aliphatic rings. The zero-order valence-corrected chi connectivity index (χ0v) is 30.6. The minimum atomic E-state index is -4.71. The molecule has 0 bridgehead atoms. The monoisotopic (exact) mass is 771 g/mol. The van der Waals surface area contributed by atoms with E-state index >= 15 is 0 Å². The van der Waals surface area contributed by atoms with Gasteiger partial charge in [0.2, 0.25) is 0 Å². The van der Waals surface area contributed by atoms with E-state index in [0.717, 1.165) is 63.0 Å². The van der Waals surface area contributed by atoms with E-state index in [2.05, 4.69) is 38.4 Å². The van der Waals surface area contributed by atoms with E-state index in [1.165, 1.54) is 12.3 Å². The molecule has 0 unspecified atom stereocenters. The molecule has 0 saturated heterocycles. The lowest BCUT2D eigenvalue weighted by Crippen LogP contribution is -2.39. The lowest BCUT2D eigenvalue weighted by Gasteiger charge is -2.29. The van der Waals surface area contributed by atoms with Gasteiger partial charge in [-0.15, -0.1) is 0 Å². The summed E-state index contributed by atoms with van der Waals surface area (Å²) >= 11 is 11.9. The quantitative estimate of drug-likeness (QED) is 0.0952. The summed E-state index contributed by atoms with van der Waals surface area (Å²) in [4.78, 5) is 28.6. The summed E-state index contributed by atoms with van der Waals surface area (Å²) < 4.78 is 52.7. The first kappa shape index (κ1) is 39.8. The van der Waals surface area contributed by atoms with E-state index in [4.69, 9.17) is 23.2 Å².